The molecule has 1 aliphatic heterocycles. The lowest BCUT2D eigenvalue weighted by Gasteiger charge is -2.34. The maximum absolute atomic E-state index is 12.7. The van der Waals surface area contributed by atoms with Gasteiger partial charge in [0.15, 0.2) is 0 Å². The molecule has 3 rings (SSSR count). The third-order valence-corrected chi connectivity index (χ3v) is 4.43. The molecule has 0 atom stereocenters. The largest absolute Gasteiger partial charge is 0.352 e. The molecule has 1 aliphatic carbocycles. The van der Waals surface area contributed by atoms with Crippen LogP contribution in [0.1, 0.15) is 37.8 Å². The van der Waals surface area contributed by atoms with Gasteiger partial charge in [0.25, 0.3) is 0 Å². The van der Waals surface area contributed by atoms with Crippen molar-refractivity contribution in [3.63, 3.8) is 0 Å². The molecule has 2 amide bonds. The number of carbonyl (C=O) groups excluding carboxylic acids is 2. The molecule has 0 radical (unpaired) electrons. The molecule has 1 fully saturated rings. The highest BCUT2D eigenvalue weighted by Gasteiger charge is 2.41. The molecule has 1 heterocycles. The Labute approximate surface area is 125 Å². The van der Waals surface area contributed by atoms with Gasteiger partial charge in [0.2, 0.25) is 11.8 Å². The van der Waals surface area contributed by atoms with Crippen molar-refractivity contribution < 1.29 is 9.59 Å². The Morgan fingerprint density at radius 1 is 1.19 bits per heavy atom. The van der Waals surface area contributed by atoms with E-state index in [1.165, 1.54) is 11.1 Å². The first-order valence-electron chi connectivity index (χ1n) is 7.65. The molecule has 1 aromatic carbocycles. The number of amides is 2. The van der Waals surface area contributed by atoms with Gasteiger partial charge in [-0.25, -0.2) is 0 Å². The third kappa shape index (κ3) is 2.80. The van der Waals surface area contributed by atoms with Crippen LogP contribution in [-0.4, -0.2) is 29.3 Å². The fourth-order valence-electron chi connectivity index (χ4n) is 2.75. The van der Waals surface area contributed by atoms with E-state index in [-0.39, 0.29) is 17.9 Å². The van der Waals surface area contributed by atoms with Crippen molar-refractivity contribution in [1.29, 1.82) is 0 Å². The van der Waals surface area contributed by atoms with Crippen LogP contribution in [-0.2, 0) is 22.6 Å². The Morgan fingerprint density at radius 3 is 2.52 bits per heavy atom. The second-order valence-corrected chi connectivity index (χ2v) is 6.62. The van der Waals surface area contributed by atoms with E-state index in [2.05, 4.69) is 17.4 Å². The Kier molecular flexibility index (Phi) is 3.47. The average molecular weight is 286 g/mol. The van der Waals surface area contributed by atoms with Gasteiger partial charge in [-0.2, -0.15) is 0 Å². The van der Waals surface area contributed by atoms with Gasteiger partial charge in [0.1, 0.15) is 5.41 Å². The van der Waals surface area contributed by atoms with Gasteiger partial charge in [-0.15, -0.1) is 0 Å². The number of nitrogens with one attached hydrogen (secondary N) is 1. The first kappa shape index (κ1) is 14.1. The molecule has 1 saturated carbocycles. The van der Waals surface area contributed by atoms with Crippen molar-refractivity contribution in [2.24, 2.45) is 5.41 Å². The molecular weight excluding hydrogens is 264 g/mol. The van der Waals surface area contributed by atoms with Crippen molar-refractivity contribution in [2.45, 2.75) is 45.7 Å². The van der Waals surface area contributed by atoms with Gasteiger partial charge in [-0.05, 0) is 44.2 Å². The van der Waals surface area contributed by atoms with Crippen molar-refractivity contribution >= 4 is 11.8 Å². The molecule has 4 nitrogen and oxygen atoms in total. The van der Waals surface area contributed by atoms with E-state index in [4.69, 9.17) is 0 Å². The minimum Gasteiger partial charge on any atom is -0.352 e. The van der Waals surface area contributed by atoms with Crippen molar-refractivity contribution in [3.8, 4) is 0 Å². The normalized spacial score (nSPS) is 18.1. The molecular formula is C17H22N2O2. The van der Waals surface area contributed by atoms with E-state index >= 15 is 0 Å². The summed E-state index contributed by atoms with van der Waals surface area (Å²) in [4.78, 5) is 26.8. The monoisotopic (exact) mass is 286 g/mol. The van der Waals surface area contributed by atoms with Crippen molar-refractivity contribution in [3.05, 3.63) is 35.4 Å². The lowest BCUT2D eigenvalue weighted by Crippen LogP contribution is -2.51. The standard InChI is InChI=1S/C17H22N2O2/c1-17(2,15(20)18-14-7-8-14)16(21)19-10-9-12-5-3-4-6-13(12)11-19/h3-6,14H,7-11H2,1-2H3,(H,18,20). The highest BCUT2D eigenvalue weighted by atomic mass is 16.2. The van der Waals surface area contributed by atoms with E-state index in [0.29, 0.717) is 13.1 Å². The van der Waals surface area contributed by atoms with Crippen molar-refractivity contribution in [2.75, 3.05) is 6.54 Å². The fraction of sp³-hybridized carbons (Fsp3) is 0.529. The Bertz CT molecular complexity index is 576. The van der Waals surface area contributed by atoms with Crippen LogP contribution >= 0.6 is 0 Å². The highest BCUT2D eigenvalue weighted by Crippen LogP contribution is 2.27. The predicted octanol–water partition coefficient (Wildman–Crippen LogP) is 1.88. The number of rotatable bonds is 3. The summed E-state index contributed by atoms with van der Waals surface area (Å²) in [7, 11) is 0. The number of fused-ring (bicyclic) bond motifs is 1. The number of carbonyl (C=O) groups is 2. The number of hydrogen-bond acceptors (Lipinski definition) is 2. The molecule has 0 saturated heterocycles. The first-order chi connectivity index (χ1) is 9.98. The first-order valence-corrected chi connectivity index (χ1v) is 7.65. The smallest absolute Gasteiger partial charge is 0.238 e. The summed E-state index contributed by atoms with van der Waals surface area (Å²) in [6.45, 7) is 4.76. The number of benzene rings is 1. The highest BCUT2D eigenvalue weighted by molar-refractivity contribution is 6.04. The van der Waals surface area contributed by atoms with Gasteiger partial charge in [0.05, 0.1) is 0 Å². The minimum absolute atomic E-state index is 0.0739. The maximum Gasteiger partial charge on any atom is 0.238 e. The van der Waals surface area contributed by atoms with Gasteiger partial charge in [0, 0.05) is 19.1 Å². The van der Waals surface area contributed by atoms with Crippen LogP contribution in [0.3, 0.4) is 0 Å². The van der Waals surface area contributed by atoms with Crippen LogP contribution < -0.4 is 5.32 Å². The SMILES string of the molecule is CC(C)(C(=O)NC1CC1)C(=O)N1CCc2ccccc2C1. The zero-order chi connectivity index (χ0) is 15.0. The molecule has 0 unspecified atom stereocenters. The van der Waals surface area contributed by atoms with Crippen LogP contribution in [0.2, 0.25) is 0 Å². The van der Waals surface area contributed by atoms with Gasteiger partial charge in [-0.3, -0.25) is 9.59 Å². The van der Waals surface area contributed by atoms with E-state index in [1.807, 2.05) is 17.0 Å². The lowest BCUT2D eigenvalue weighted by atomic mass is 9.88. The molecule has 4 heteroatoms. The van der Waals surface area contributed by atoms with Crippen LogP contribution in [0.25, 0.3) is 0 Å². The lowest BCUT2D eigenvalue weighted by molar-refractivity contribution is -0.149. The van der Waals surface area contributed by atoms with Gasteiger partial charge in [-0.1, -0.05) is 24.3 Å². The molecule has 0 aromatic heterocycles. The van der Waals surface area contributed by atoms with E-state index < -0.39 is 5.41 Å². The van der Waals surface area contributed by atoms with Crippen LogP contribution in [0.15, 0.2) is 24.3 Å². The molecule has 0 spiro atoms. The third-order valence-electron chi connectivity index (χ3n) is 4.43. The Morgan fingerprint density at radius 2 is 1.86 bits per heavy atom. The molecule has 2 aliphatic rings. The van der Waals surface area contributed by atoms with E-state index in [9.17, 15) is 9.59 Å². The number of nitrogens with zero attached hydrogens (tertiary/aromatic N) is 1. The Balaban J connectivity index is 1.71. The predicted molar refractivity (Wildman–Crippen MR) is 80.5 cm³/mol. The fourth-order valence-corrected chi connectivity index (χ4v) is 2.75. The van der Waals surface area contributed by atoms with Crippen LogP contribution in [0, 0.1) is 5.41 Å². The topological polar surface area (TPSA) is 49.4 Å². The van der Waals surface area contributed by atoms with E-state index in [1.54, 1.807) is 13.8 Å². The average Bonchev–Trinajstić information content (AvgIpc) is 3.29. The molecule has 0 bridgehead atoms. The quantitative estimate of drug-likeness (QED) is 0.863. The number of hydrogen-bond donors (Lipinski definition) is 1. The summed E-state index contributed by atoms with van der Waals surface area (Å²) in [6, 6.07) is 8.49. The second kappa shape index (κ2) is 5.17. The molecule has 112 valence electrons. The van der Waals surface area contributed by atoms with Gasteiger partial charge >= 0.3 is 0 Å². The molecule has 1 N–H and O–H groups in total. The second-order valence-electron chi connectivity index (χ2n) is 6.62. The van der Waals surface area contributed by atoms with E-state index in [0.717, 1.165) is 19.3 Å². The minimum atomic E-state index is -0.991. The van der Waals surface area contributed by atoms with Crippen LogP contribution in [0.5, 0.6) is 0 Å². The summed E-state index contributed by atoms with van der Waals surface area (Å²) in [5.41, 5.74) is 1.51. The van der Waals surface area contributed by atoms with Crippen LogP contribution in [0.4, 0.5) is 0 Å². The maximum atomic E-state index is 12.7. The summed E-state index contributed by atoms with van der Waals surface area (Å²) < 4.78 is 0. The summed E-state index contributed by atoms with van der Waals surface area (Å²) in [5, 5.41) is 2.95. The molecule has 1 aromatic rings. The zero-order valence-corrected chi connectivity index (χ0v) is 12.7. The summed E-state index contributed by atoms with van der Waals surface area (Å²) in [6.07, 6.45) is 2.93. The summed E-state index contributed by atoms with van der Waals surface area (Å²) >= 11 is 0. The zero-order valence-electron chi connectivity index (χ0n) is 12.7. The summed E-state index contributed by atoms with van der Waals surface area (Å²) in [5.74, 6) is -0.219. The van der Waals surface area contributed by atoms with Gasteiger partial charge < -0.3 is 10.2 Å². The molecule has 21 heavy (non-hydrogen) atoms. The Hall–Kier alpha value is -1.84. The van der Waals surface area contributed by atoms with Crippen molar-refractivity contribution in [1.82, 2.24) is 10.2 Å².